The second-order valence-electron chi connectivity index (χ2n) is 2.82. The molecular formula is C14H22N2. The molecule has 16 heavy (non-hydrogen) atoms. The van der Waals surface area contributed by atoms with Gasteiger partial charge in [0.2, 0.25) is 0 Å². The monoisotopic (exact) mass is 218 g/mol. The fourth-order valence-corrected chi connectivity index (χ4v) is 1.26. The van der Waals surface area contributed by atoms with E-state index in [0.29, 0.717) is 0 Å². The molecule has 2 nitrogen and oxygen atoms in total. The van der Waals surface area contributed by atoms with E-state index in [1.807, 2.05) is 52.2 Å². The summed E-state index contributed by atoms with van der Waals surface area (Å²) in [7, 11) is 0. The Hall–Kier alpha value is -1.44. The fraction of sp³-hybridized carbons (Fsp3) is 0.429. The Morgan fingerprint density at radius 1 is 1.12 bits per heavy atom. The van der Waals surface area contributed by atoms with Crippen LogP contribution >= 0.6 is 0 Å². The summed E-state index contributed by atoms with van der Waals surface area (Å²) in [4.78, 5) is 8.56. The maximum absolute atomic E-state index is 4.31. The van der Waals surface area contributed by atoms with Crippen LogP contribution in [0.2, 0.25) is 0 Å². The molecule has 0 unspecified atom stereocenters. The second-order valence-corrected chi connectivity index (χ2v) is 2.82. The molecule has 1 aromatic rings. The molecule has 0 spiro atoms. The van der Waals surface area contributed by atoms with Crippen molar-refractivity contribution in [3.05, 3.63) is 40.8 Å². The van der Waals surface area contributed by atoms with Gasteiger partial charge in [0.05, 0.1) is 10.7 Å². The van der Waals surface area contributed by atoms with Crippen molar-refractivity contribution >= 4 is 6.08 Å². The Morgan fingerprint density at radius 2 is 1.81 bits per heavy atom. The molecule has 1 aliphatic rings. The summed E-state index contributed by atoms with van der Waals surface area (Å²) < 4.78 is 0. The predicted octanol–water partition coefficient (Wildman–Crippen LogP) is 2.76. The van der Waals surface area contributed by atoms with Gasteiger partial charge in [-0.1, -0.05) is 39.8 Å². The van der Waals surface area contributed by atoms with Gasteiger partial charge in [0.25, 0.3) is 0 Å². The highest BCUT2D eigenvalue weighted by Crippen LogP contribution is 1.89. The van der Waals surface area contributed by atoms with E-state index in [1.54, 1.807) is 0 Å². The summed E-state index contributed by atoms with van der Waals surface area (Å²) in [5.41, 5.74) is 1.18. The van der Waals surface area contributed by atoms with Gasteiger partial charge in [-0.05, 0) is 25.0 Å². The summed E-state index contributed by atoms with van der Waals surface area (Å²) >= 11 is 0. The van der Waals surface area contributed by atoms with Crippen LogP contribution in [0.15, 0.2) is 29.5 Å². The van der Waals surface area contributed by atoms with Crippen molar-refractivity contribution in [2.75, 3.05) is 0 Å². The van der Waals surface area contributed by atoms with Gasteiger partial charge >= 0.3 is 0 Å². The molecule has 0 radical (unpaired) electrons. The molecule has 0 bridgehead atoms. The van der Waals surface area contributed by atoms with Crippen LogP contribution in [0.25, 0.3) is 6.08 Å². The molecule has 0 amide bonds. The van der Waals surface area contributed by atoms with Crippen molar-refractivity contribution in [1.29, 1.82) is 0 Å². The van der Waals surface area contributed by atoms with Crippen LogP contribution in [0.3, 0.4) is 0 Å². The zero-order chi connectivity index (χ0) is 12.4. The number of hydrogen-bond acceptors (Lipinski definition) is 2. The van der Waals surface area contributed by atoms with E-state index in [-0.39, 0.29) is 0 Å². The Labute approximate surface area is 98.5 Å². The molecule has 0 fully saturated rings. The van der Waals surface area contributed by atoms with Gasteiger partial charge in [0.1, 0.15) is 0 Å². The van der Waals surface area contributed by atoms with Crippen LogP contribution in [0, 0.1) is 6.92 Å². The van der Waals surface area contributed by atoms with Crippen LogP contribution in [-0.2, 0) is 0 Å². The summed E-state index contributed by atoms with van der Waals surface area (Å²) in [6.07, 6.45) is 8.71. The first-order chi connectivity index (χ1) is 7.88. The summed E-state index contributed by atoms with van der Waals surface area (Å²) in [6, 6.07) is 1.98. The lowest BCUT2D eigenvalue weighted by Crippen LogP contribution is -2.29. The molecule has 0 aliphatic carbocycles. The average molecular weight is 218 g/mol. The molecule has 0 N–H and O–H groups in total. The van der Waals surface area contributed by atoms with Gasteiger partial charge in [-0.2, -0.15) is 0 Å². The van der Waals surface area contributed by atoms with E-state index in [1.165, 1.54) is 5.56 Å². The third kappa shape index (κ3) is 3.97. The van der Waals surface area contributed by atoms with E-state index in [4.69, 9.17) is 0 Å². The minimum Gasteiger partial charge on any atom is -0.255 e. The molecule has 0 saturated carbocycles. The highest BCUT2D eigenvalue weighted by molar-refractivity contribution is 5.26. The van der Waals surface area contributed by atoms with Crippen LogP contribution < -0.4 is 10.7 Å². The third-order valence-electron chi connectivity index (χ3n) is 1.91. The first-order valence-corrected chi connectivity index (χ1v) is 6.02. The van der Waals surface area contributed by atoms with Crippen LogP contribution in [0.5, 0.6) is 0 Å². The van der Waals surface area contributed by atoms with Gasteiger partial charge in [0.15, 0.2) is 0 Å². The van der Waals surface area contributed by atoms with Crippen LogP contribution in [0.1, 0.15) is 39.7 Å². The number of rotatable bonds is 0. The summed E-state index contributed by atoms with van der Waals surface area (Å²) in [5, 5.41) is 2.01. The molecule has 1 aromatic heterocycles. The number of hydrogen-bond donors (Lipinski definition) is 0. The number of nitrogens with zero attached hydrogens (tertiary/aromatic N) is 2. The van der Waals surface area contributed by atoms with E-state index in [0.717, 1.165) is 17.1 Å². The molecule has 0 atom stereocenters. The van der Waals surface area contributed by atoms with Crippen LogP contribution in [0.4, 0.5) is 0 Å². The fourth-order valence-electron chi connectivity index (χ4n) is 1.26. The van der Waals surface area contributed by atoms with Crippen molar-refractivity contribution < 1.29 is 0 Å². The summed E-state index contributed by atoms with van der Waals surface area (Å²) in [5.74, 6) is 0. The number of allylic oxidation sites excluding steroid dienone is 1. The van der Waals surface area contributed by atoms with Gasteiger partial charge in [-0.25, -0.2) is 0 Å². The standard InChI is InChI=1S/C10H10N2.2C2H6/c1-8-5-7-11-9-4-2-3-6-12-10(8)9;2*1-2/h3-7H,2H2,1H3;2*1-2H3. The molecule has 2 heteroatoms. The first-order valence-electron chi connectivity index (χ1n) is 6.02. The predicted molar refractivity (Wildman–Crippen MR) is 70.7 cm³/mol. The number of fused-ring (bicyclic) bond motifs is 1. The molecular weight excluding hydrogens is 196 g/mol. The van der Waals surface area contributed by atoms with Gasteiger partial charge in [-0.15, -0.1) is 0 Å². The Balaban J connectivity index is 0.000000509. The zero-order valence-electron chi connectivity index (χ0n) is 11.0. The van der Waals surface area contributed by atoms with E-state index < -0.39 is 0 Å². The van der Waals surface area contributed by atoms with E-state index in [9.17, 15) is 0 Å². The highest BCUT2D eigenvalue weighted by Gasteiger charge is 1.93. The second kappa shape index (κ2) is 8.84. The van der Waals surface area contributed by atoms with Crippen molar-refractivity contribution in [3.8, 4) is 0 Å². The average Bonchev–Trinajstić information content (AvgIpc) is 2.60. The SMILES string of the molecule is CC.CC.Cc1ccnc2c1=NC=CCC=2. The smallest absolute Gasteiger partial charge is 0.0912 e. The van der Waals surface area contributed by atoms with Crippen molar-refractivity contribution in [2.45, 2.75) is 41.0 Å². The lowest BCUT2D eigenvalue weighted by Gasteiger charge is -1.91. The Morgan fingerprint density at radius 3 is 2.50 bits per heavy atom. The minimum atomic E-state index is 0.924. The lowest BCUT2D eigenvalue weighted by atomic mass is 10.2. The van der Waals surface area contributed by atoms with Crippen molar-refractivity contribution in [1.82, 2.24) is 4.98 Å². The van der Waals surface area contributed by atoms with Crippen LogP contribution in [-0.4, -0.2) is 4.98 Å². The number of pyridine rings is 1. The maximum Gasteiger partial charge on any atom is 0.0912 e. The molecule has 0 saturated heterocycles. The number of aryl methyl sites for hydroxylation is 1. The Bertz CT molecular complexity index is 431. The first kappa shape index (κ1) is 14.6. The summed E-state index contributed by atoms with van der Waals surface area (Å²) in [6.45, 7) is 10.1. The molecule has 88 valence electrons. The minimum absolute atomic E-state index is 0.924. The zero-order valence-corrected chi connectivity index (χ0v) is 11.0. The van der Waals surface area contributed by atoms with Gasteiger partial charge in [-0.3, -0.25) is 9.98 Å². The normalized spacial score (nSPS) is 11.3. The Kier molecular flexibility index (Phi) is 8.04. The molecule has 1 aliphatic heterocycles. The largest absolute Gasteiger partial charge is 0.255 e. The lowest BCUT2D eigenvalue weighted by molar-refractivity contribution is 1.12. The third-order valence-corrected chi connectivity index (χ3v) is 1.91. The quantitative estimate of drug-likeness (QED) is 0.657. The van der Waals surface area contributed by atoms with Crippen molar-refractivity contribution in [2.24, 2.45) is 4.99 Å². The van der Waals surface area contributed by atoms with E-state index in [2.05, 4.69) is 23.0 Å². The van der Waals surface area contributed by atoms with Crippen molar-refractivity contribution in [3.63, 3.8) is 0 Å². The molecule has 2 rings (SSSR count). The van der Waals surface area contributed by atoms with Gasteiger partial charge in [0, 0.05) is 12.4 Å². The number of aromatic nitrogens is 1. The van der Waals surface area contributed by atoms with E-state index >= 15 is 0 Å². The molecule has 2 heterocycles. The van der Waals surface area contributed by atoms with Gasteiger partial charge < -0.3 is 0 Å². The topological polar surface area (TPSA) is 25.2 Å². The maximum atomic E-state index is 4.31. The highest BCUT2D eigenvalue weighted by atomic mass is 14.7. The molecule has 0 aromatic carbocycles.